The second-order valence-corrected chi connectivity index (χ2v) is 37.5. The minimum atomic E-state index is -2.68. The maximum absolute atomic E-state index is 14.1. The van der Waals surface area contributed by atoms with E-state index in [1.54, 1.807) is 6.66 Å². The van der Waals surface area contributed by atoms with Gasteiger partial charge in [-0.15, -0.1) is 0 Å². The van der Waals surface area contributed by atoms with Crippen LogP contribution in [0.5, 0.6) is 0 Å². The van der Waals surface area contributed by atoms with Crippen LogP contribution < -0.4 is 47.9 Å². The summed E-state index contributed by atoms with van der Waals surface area (Å²) in [5, 5.41) is 116. The van der Waals surface area contributed by atoms with Crippen LogP contribution in [-0.4, -0.2) is 339 Å². The monoisotopic (exact) mass is 1840 g/mol. The van der Waals surface area contributed by atoms with Crippen molar-refractivity contribution in [1.29, 1.82) is 0 Å². The summed E-state index contributed by atoms with van der Waals surface area (Å²) in [5.74, 6) is -3.13. The van der Waals surface area contributed by atoms with Crippen LogP contribution >= 0.6 is 7.37 Å². The lowest BCUT2D eigenvalue weighted by Gasteiger charge is -2.42. The lowest BCUT2D eigenvalue weighted by Crippen LogP contribution is -2.64. The van der Waals surface area contributed by atoms with E-state index in [1.165, 1.54) is 20.8 Å². The summed E-state index contributed by atoms with van der Waals surface area (Å²) in [6.07, 6.45) is 1.83. The zero-order valence-electron chi connectivity index (χ0n) is 76.2. The van der Waals surface area contributed by atoms with Gasteiger partial charge in [0.1, 0.15) is 90.2 Å². The molecule has 0 radical (unpaired) electrons. The number of hydrogen-bond donors (Lipinski definition) is 18. The van der Waals surface area contributed by atoms with Crippen molar-refractivity contribution in [2.45, 2.75) is 356 Å². The number of amides is 9. The number of rotatable bonds is 73. The molecule has 0 bridgehead atoms. The molecule has 0 spiro atoms. The number of ether oxygens (including phenoxy) is 9. The van der Waals surface area contributed by atoms with Crippen molar-refractivity contribution in [3.8, 4) is 0 Å². The number of Topliss-reactive ketones (excluding diaryl/α,β-unsaturated/α-hetero) is 2. The van der Waals surface area contributed by atoms with Crippen molar-refractivity contribution in [2.24, 2.45) is 0 Å². The van der Waals surface area contributed by atoms with Crippen molar-refractivity contribution >= 4 is 72.1 Å². The number of ketones is 2. The van der Waals surface area contributed by atoms with Crippen LogP contribution in [0.1, 0.15) is 253 Å². The molecule has 16 atom stereocenters. The third kappa shape index (κ3) is 49.9. The molecule has 3 heterocycles. The number of unbranched alkanes of at least 4 members (excludes halogenated alkanes) is 15. The van der Waals surface area contributed by atoms with Gasteiger partial charge in [0, 0.05) is 149 Å². The molecule has 736 valence electrons. The van der Waals surface area contributed by atoms with Crippen LogP contribution in [0, 0.1) is 0 Å². The Bertz CT molecular complexity index is 2960. The SMILES string of the molecule is CC(=O)N[C@H]1C(O)[C@H](O)C(CO)O[C@H]1OCCCCC(=O)CCCCNC(=O)CCOCC(COCCC(=O)NCCCNC(=O)CCCCO[C@@H]1OC(CO)[C@@H](O)C(O)[C@@H]1NC(C)=O)(COCCC(=O)NCCCNC(=O)CCCCO[C@@H]1OC(CO)[C@@H](O)C(O)[C@@H]1NC(C)=O)NC(=O)CCCCCCCCCCC(=O)CCCCCCCOP(C)(=O)C(C)(C)C. The molecule has 3 aliphatic heterocycles. The number of carbonyl (C=O) groups excluding carboxylic acids is 11. The largest absolute Gasteiger partial charge is 0.394 e. The summed E-state index contributed by atoms with van der Waals surface area (Å²) in [4.78, 5) is 140. The van der Waals surface area contributed by atoms with Gasteiger partial charge in [-0.1, -0.05) is 78.6 Å². The van der Waals surface area contributed by atoms with E-state index in [9.17, 15) is 103 Å². The molecule has 0 aromatic rings. The average Bonchev–Trinajstić information content (AvgIpc) is 0.821. The summed E-state index contributed by atoms with van der Waals surface area (Å²) in [7, 11) is -2.68. The van der Waals surface area contributed by atoms with E-state index in [1.807, 2.05) is 20.8 Å². The molecule has 3 fully saturated rings. The van der Waals surface area contributed by atoms with E-state index >= 15 is 0 Å². The van der Waals surface area contributed by atoms with Gasteiger partial charge in [-0.3, -0.25) is 57.3 Å². The lowest BCUT2D eigenvalue weighted by molar-refractivity contribution is -0.270. The number of aliphatic hydroxyl groups is 9. The molecule has 41 heteroatoms. The Labute approximate surface area is 748 Å². The van der Waals surface area contributed by atoms with Crippen molar-refractivity contribution in [2.75, 3.05) is 125 Å². The second kappa shape index (κ2) is 66.4. The zero-order valence-corrected chi connectivity index (χ0v) is 77.1. The highest BCUT2D eigenvalue weighted by atomic mass is 31.2. The summed E-state index contributed by atoms with van der Waals surface area (Å²) >= 11 is 0. The Kier molecular flexibility index (Phi) is 60.2. The van der Waals surface area contributed by atoms with Crippen molar-refractivity contribution in [1.82, 2.24) is 47.9 Å². The first-order valence-electron chi connectivity index (χ1n) is 45.7. The Balaban J connectivity index is 1.59. The number of aliphatic hydroxyl groups excluding tert-OH is 9. The van der Waals surface area contributed by atoms with Gasteiger partial charge in [0.25, 0.3) is 0 Å². The number of hydrogen-bond acceptors (Lipinski definition) is 31. The highest BCUT2D eigenvalue weighted by Gasteiger charge is 2.48. The summed E-state index contributed by atoms with van der Waals surface area (Å²) in [6, 6.07) is -3.28. The van der Waals surface area contributed by atoms with Gasteiger partial charge in [0.05, 0.1) is 66.1 Å². The van der Waals surface area contributed by atoms with Crippen LogP contribution in [0.2, 0.25) is 0 Å². The molecule has 0 saturated carbocycles. The second-order valence-electron chi connectivity index (χ2n) is 34.2. The van der Waals surface area contributed by atoms with E-state index in [-0.39, 0.29) is 191 Å². The third-order valence-corrected chi connectivity index (χ3v) is 25.1. The molecule has 0 aromatic carbocycles. The first-order valence-corrected chi connectivity index (χ1v) is 47.8. The first kappa shape index (κ1) is 115. The molecule has 18 N–H and O–H groups in total. The van der Waals surface area contributed by atoms with Crippen molar-refractivity contribution in [3.63, 3.8) is 0 Å². The Morgan fingerprint density at radius 3 is 0.898 bits per heavy atom. The van der Waals surface area contributed by atoms with Crippen LogP contribution in [-0.2, 0) is 104 Å². The minimum Gasteiger partial charge on any atom is -0.394 e. The van der Waals surface area contributed by atoms with Crippen LogP contribution in [0.3, 0.4) is 0 Å². The highest BCUT2D eigenvalue weighted by molar-refractivity contribution is 7.59. The van der Waals surface area contributed by atoms with Gasteiger partial charge in [-0.25, -0.2) is 0 Å². The molecule has 3 rings (SSSR count). The Morgan fingerprint density at radius 2 is 0.583 bits per heavy atom. The smallest absolute Gasteiger partial charge is 0.222 e. The van der Waals surface area contributed by atoms with Crippen LogP contribution in [0.15, 0.2) is 0 Å². The predicted octanol–water partition coefficient (Wildman–Crippen LogP) is 1.09. The Morgan fingerprint density at radius 1 is 0.323 bits per heavy atom. The van der Waals surface area contributed by atoms with Gasteiger partial charge >= 0.3 is 0 Å². The van der Waals surface area contributed by atoms with E-state index in [0.29, 0.717) is 90.1 Å². The zero-order chi connectivity index (χ0) is 94.0. The number of carbonyl (C=O) groups is 11. The third-order valence-electron chi connectivity index (χ3n) is 22.0. The normalized spacial score (nSPS) is 23.4. The van der Waals surface area contributed by atoms with E-state index < -0.39 is 148 Å². The number of nitrogens with one attached hydrogen (secondary N) is 9. The quantitative estimate of drug-likeness (QED) is 0.0299. The maximum Gasteiger partial charge on any atom is 0.222 e. The highest BCUT2D eigenvalue weighted by Crippen LogP contribution is 2.55. The van der Waals surface area contributed by atoms with Gasteiger partial charge < -0.3 is 141 Å². The molecular formula is C86H156N9O31P. The first-order chi connectivity index (χ1) is 60.6. The fraction of sp³-hybridized carbons (Fsp3) is 0.872. The Hall–Kier alpha value is -5.96. The van der Waals surface area contributed by atoms with E-state index in [0.717, 1.165) is 77.0 Å². The summed E-state index contributed by atoms with van der Waals surface area (Å²) < 4.78 is 70.8. The van der Waals surface area contributed by atoms with Gasteiger partial charge in [0.2, 0.25) is 60.5 Å². The average molecular weight is 1840 g/mol. The molecule has 3 aliphatic rings. The van der Waals surface area contributed by atoms with Gasteiger partial charge in [0.15, 0.2) is 18.9 Å². The van der Waals surface area contributed by atoms with E-state index in [2.05, 4.69) is 47.9 Å². The fourth-order valence-corrected chi connectivity index (χ4v) is 14.9. The molecule has 0 aliphatic carbocycles. The maximum atomic E-state index is 14.1. The van der Waals surface area contributed by atoms with Crippen molar-refractivity contribution in [3.05, 3.63) is 0 Å². The minimum absolute atomic E-state index is 0.00163. The molecule has 3 saturated heterocycles. The topological polar surface area (TPSA) is 587 Å². The summed E-state index contributed by atoms with van der Waals surface area (Å²) in [5.41, 5.74) is -1.42. The predicted molar refractivity (Wildman–Crippen MR) is 464 cm³/mol. The molecule has 0 aromatic heterocycles. The molecule has 127 heavy (non-hydrogen) atoms. The molecular weight excluding hydrogens is 1690 g/mol. The van der Waals surface area contributed by atoms with Crippen LogP contribution in [0.25, 0.3) is 0 Å². The van der Waals surface area contributed by atoms with E-state index in [4.69, 9.17) is 47.2 Å². The lowest BCUT2D eigenvalue weighted by atomic mass is 9.97. The fourth-order valence-electron chi connectivity index (χ4n) is 14.0. The standard InChI is InChI=1S/C86H156N9O31P/c1-59(99)92-73-79(113)76(110)64(53-96)124-82(73)120-46-26-21-34-63(103)33-20-24-41-87-69(106)38-50-117-56-86(95-72(109)37-19-15-11-9-8-10-13-17-31-62(102)32-18-14-12-16-25-49-123-127(7,116)85(4,5)6,57-118-51-39-70(107)90-44-29-42-88-67(104)35-22-27-47-121-83-74(93-60(2)100)80(114)77(111)65(54-97)125-83)58-119-52-40-71(108)91-45-30-43-89-68(105)36-23-28-48-122-84-75(94-61(3)101)81(115)78(112)66(55-98)126-84/h64-66,73-84,96-98,110-115H,8-58H2,1-7H3,(H,87,106)(H,88,104)(H,89,105)(H,90,107)(H,91,108)(H,92,99)(H,93,100)(H,94,101)(H,95,109)/t64?,65?,66?,73-,74-,75-,76+,77+,78+,79?,80?,81?,82+,83+,84+,86?,127?/m0/s1. The summed E-state index contributed by atoms with van der Waals surface area (Å²) in [6.45, 7) is 10.2. The molecule has 7 unspecified atom stereocenters. The molecule has 40 nitrogen and oxygen atoms in total. The molecule has 9 amide bonds. The van der Waals surface area contributed by atoms with Gasteiger partial charge in [-0.05, 0) is 89.9 Å². The van der Waals surface area contributed by atoms with Crippen LogP contribution in [0.4, 0.5) is 0 Å². The van der Waals surface area contributed by atoms with Gasteiger partial charge in [-0.2, -0.15) is 0 Å². The van der Waals surface area contributed by atoms with Crippen molar-refractivity contribution < 1.29 is 150 Å².